The van der Waals surface area contributed by atoms with Gasteiger partial charge in [0.15, 0.2) is 5.03 Å². The zero-order valence-corrected chi connectivity index (χ0v) is 19.3. The molecule has 0 saturated heterocycles. The Morgan fingerprint density at radius 3 is 2.55 bits per heavy atom. The second-order valence-electron chi connectivity index (χ2n) is 9.04. The number of carbonyl (C=O) groups is 1. The molecule has 2 aromatic rings. The van der Waals surface area contributed by atoms with Crippen LogP contribution >= 0.6 is 0 Å². The van der Waals surface area contributed by atoms with Crippen molar-refractivity contribution in [1.82, 2.24) is 14.5 Å². The predicted molar refractivity (Wildman–Crippen MR) is 110 cm³/mol. The largest absolute Gasteiger partial charge is 0.428 e. The van der Waals surface area contributed by atoms with E-state index in [1.165, 1.54) is 13.0 Å². The van der Waals surface area contributed by atoms with E-state index in [0.29, 0.717) is 11.7 Å². The van der Waals surface area contributed by atoms with Crippen LogP contribution in [0.15, 0.2) is 28.3 Å². The molecule has 0 spiro atoms. The molecule has 182 valence electrons. The summed E-state index contributed by atoms with van der Waals surface area (Å²) in [4.78, 5) is 16.9. The normalized spacial score (nSPS) is 23.0. The molecule has 1 amide bonds. The van der Waals surface area contributed by atoms with Crippen molar-refractivity contribution in [3.05, 3.63) is 40.6 Å². The summed E-state index contributed by atoms with van der Waals surface area (Å²) in [5.41, 5.74) is -2.01. The molecular weight excluding hydrogens is 466 g/mol. The average molecular weight is 492 g/mol. The highest BCUT2D eigenvalue weighted by molar-refractivity contribution is 7.91. The highest BCUT2D eigenvalue weighted by atomic mass is 32.2. The Kier molecular flexibility index (Phi) is 6.01. The quantitative estimate of drug-likeness (QED) is 0.487. The fourth-order valence-electron chi connectivity index (χ4n) is 4.13. The second kappa shape index (κ2) is 7.96. The summed E-state index contributed by atoms with van der Waals surface area (Å²) in [6.07, 6.45) is 1.43. The van der Waals surface area contributed by atoms with Gasteiger partial charge in [-0.2, -0.15) is 18.6 Å². The first-order valence-corrected chi connectivity index (χ1v) is 12.0. The van der Waals surface area contributed by atoms with Crippen molar-refractivity contribution in [2.45, 2.75) is 63.4 Å². The van der Waals surface area contributed by atoms with Gasteiger partial charge in [-0.15, -0.1) is 0 Å². The number of hydrogen-bond acceptors (Lipinski definition) is 5. The van der Waals surface area contributed by atoms with Crippen molar-refractivity contribution < 1.29 is 31.8 Å². The third kappa shape index (κ3) is 5.28. The molecule has 0 aliphatic heterocycles. The van der Waals surface area contributed by atoms with Crippen LogP contribution in [0.2, 0.25) is 0 Å². The number of halogens is 4. The monoisotopic (exact) mass is 491 g/mol. The zero-order chi connectivity index (χ0) is 25.0. The lowest BCUT2D eigenvalue weighted by atomic mass is 9.88. The zero-order valence-electron chi connectivity index (χ0n) is 18.5. The van der Waals surface area contributed by atoms with E-state index < -0.39 is 45.0 Å². The number of hydrogen-bond donors (Lipinski definition) is 2. The van der Waals surface area contributed by atoms with Crippen LogP contribution in [0.5, 0.6) is 0 Å². The van der Waals surface area contributed by atoms with E-state index in [4.69, 9.17) is 4.78 Å². The molecule has 3 rings (SSSR count). The number of nitrogens with one attached hydrogen (secondary N) is 1. The molecule has 0 radical (unpaired) electrons. The molecule has 0 aromatic carbocycles. The highest BCUT2D eigenvalue weighted by Crippen LogP contribution is 2.48. The molecule has 2 heterocycles. The minimum Gasteiger partial charge on any atom is -0.428 e. The number of rotatable bonds is 5. The van der Waals surface area contributed by atoms with Crippen LogP contribution in [0.3, 0.4) is 0 Å². The van der Waals surface area contributed by atoms with Gasteiger partial charge in [0, 0.05) is 50.4 Å². The lowest BCUT2D eigenvalue weighted by Crippen LogP contribution is -2.26. The van der Waals surface area contributed by atoms with Crippen molar-refractivity contribution in [2.75, 3.05) is 6.26 Å². The van der Waals surface area contributed by atoms with E-state index in [1.54, 1.807) is 6.92 Å². The lowest BCUT2D eigenvalue weighted by molar-refractivity contribution is -0.00489. The molecule has 2 atom stereocenters. The molecule has 2 N–H and O–H groups in total. The lowest BCUT2D eigenvalue weighted by Gasteiger charge is -2.24. The molecule has 33 heavy (non-hydrogen) atoms. The van der Waals surface area contributed by atoms with Gasteiger partial charge in [-0.25, -0.2) is 22.8 Å². The number of nitrogens with zero attached hydrogens (tertiary/aromatic N) is 4. The van der Waals surface area contributed by atoms with E-state index in [-0.39, 0.29) is 41.0 Å². The SMILES string of the molecule is Cc1c(C(C)(F)F)nn(CC2(C)CCC(F)(F)C2)c1C(=O)N=c1ccn(O)c(S(C)(=N)=O)c1. The summed E-state index contributed by atoms with van der Waals surface area (Å²) in [5, 5.41) is 13.3. The summed E-state index contributed by atoms with van der Waals surface area (Å²) in [6, 6.07) is 2.27. The van der Waals surface area contributed by atoms with Crippen LogP contribution in [0.1, 0.15) is 54.9 Å². The molecule has 0 bridgehead atoms. The van der Waals surface area contributed by atoms with E-state index >= 15 is 0 Å². The van der Waals surface area contributed by atoms with Gasteiger partial charge in [0.2, 0.25) is 5.92 Å². The van der Waals surface area contributed by atoms with Crippen LogP contribution in [-0.2, 0) is 22.2 Å². The van der Waals surface area contributed by atoms with Gasteiger partial charge in [-0.3, -0.25) is 9.48 Å². The fraction of sp³-hybridized carbons (Fsp3) is 0.550. The van der Waals surface area contributed by atoms with Crippen LogP contribution in [0.25, 0.3) is 0 Å². The summed E-state index contributed by atoms with van der Waals surface area (Å²) in [7, 11) is -3.37. The summed E-state index contributed by atoms with van der Waals surface area (Å²) in [6.45, 7) is 3.32. The third-order valence-corrected chi connectivity index (χ3v) is 6.74. The minimum atomic E-state index is -3.38. The standard InChI is InChI=1S/C20H25F4N5O3S/c1-12-15(17(30)26-13-5-8-29(31)14(9-13)33(4,25)32)28(27-16(12)19(3,21)22)11-18(2)6-7-20(23,24)10-18/h5,8-9,25,31H,6-7,10-11H2,1-4H3. The second-order valence-corrected chi connectivity index (χ2v) is 11.1. The third-order valence-electron chi connectivity index (χ3n) is 5.63. The first kappa shape index (κ1) is 24.9. The van der Waals surface area contributed by atoms with Crippen LogP contribution < -0.4 is 5.36 Å². The molecule has 2 unspecified atom stereocenters. The maximum atomic E-state index is 14.1. The van der Waals surface area contributed by atoms with Gasteiger partial charge in [0.1, 0.15) is 11.4 Å². The van der Waals surface area contributed by atoms with Crippen LogP contribution in [0, 0.1) is 17.1 Å². The predicted octanol–water partition coefficient (Wildman–Crippen LogP) is 3.94. The number of pyridine rings is 1. The molecule has 13 heteroatoms. The maximum Gasteiger partial charge on any atom is 0.296 e. The minimum absolute atomic E-state index is 0.0716. The summed E-state index contributed by atoms with van der Waals surface area (Å²) >= 11 is 0. The van der Waals surface area contributed by atoms with Crippen molar-refractivity contribution >= 4 is 15.6 Å². The fourth-order valence-corrected chi connectivity index (χ4v) is 4.89. The maximum absolute atomic E-state index is 14.1. The average Bonchev–Trinajstić information content (AvgIpc) is 3.10. The van der Waals surface area contributed by atoms with Gasteiger partial charge in [0.05, 0.1) is 15.1 Å². The molecule has 1 aliphatic rings. The Labute approximate surface area is 187 Å². The van der Waals surface area contributed by atoms with Gasteiger partial charge in [0.25, 0.3) is 11.8 Å². The Morgan fingerprint density at radius 1 is 1.39 bits per heavy atom. The van der Waals surface area contributed by atoms with E-state index in [9.17, 15) is 31.8 Å². The van der Waals surface area contributed by atoms with E-state index in [0.717, 1.165) is 23.2 Å². The first-order valence-electron chi connectivity index (χ1n) is 10.0. The van der Waals surface area contributed by atoms with Gasteiger partial charge in [-0.1, -0.05) is 6.92 Å². The van der Waals surface area contributed by atoms with Crippen molar-refractivity contribution in [3.63, 3.8) is 0 Å². The smallest absolute Gasteiger partial charge is 0.296 e. The molecular formula is C20H25F4N5O3S. The molecule has 8 nitrogen and oxygen atoms in total. The topological polar surface area (TPSA) is 113 Å². The highest BCUT2D eigenvalue weighted by Gasteiger charge is 2.47. The number of carbonyl (C=O) groups excluding carboxylic acids is 1. The Balaban J connectivity index is 2.11. The van der Waals surface area contributed by atoms with Gasteiger partial charge in [-0.05, 0) is 24.8 Å². The molecule has 1 saturated carbocycles. The van der Waals surface area contributed by atoms with E-state index in [1.807, 2.05) is 0 Å². The van der Waals surface area contributed by atoms with Crippen molar-refractivity contribution in [1.29, 1.82) is 4.78 Å². The Hall–Kier alpha value is -2.70. The van der Waals surface area contributed by atoms with Gasteiger partial charge < -0.3 is 5.21 Å². The van der Waals surface area contributed by atoms with E-state index in [2.05, 4.69) is 10.1 Å². The van der Waals surface area contributed by atoms with Crippen molar-refractivity contribution in [3.8, 4) is 0 Å². The number of amides is 1. The Bertz CT molecular complexity index is 1280. The molecule has 1 aliphatic carbocycles. The first-order chi connectivity index (χ1) is 14.9. The number of alkyl halides is 4. The summed E-state index contributed by atoms with van der Waals surface area (Å²) < 4.78 is 77.1. The summed E-state index contributed by atoms with van der Waals surface area (Å²) in [5.74, 6) is -7.23. The number of aromatic nitrogens is 3. The Morgan fingerprint density at radius 2 is 2.03 bits per heavy atom. The van der Waals surface area contributed by atoms with Crippen molar-refractivity contribution in [2.24, 2.45) is 10.4 Å². The van der Waals surface area contributed by atoms with Crippen LogP contribution in [-0.4, -0.2) is 42.0 Å². The molecule has 2 aromatic heterocycles. The van der Waals surface area contributed by atoms with Gasteiger partial charge >= 0.3 is 0 Å². The van der Waals surface area contributed by atoms with Crippen LogP contribution in [0.4, 0.5) is 17.6 Å². The molecule has 1 fully saturated rings.